The Kier molecular flexibility index (Phi) is 3.65. The van der Waals surface area contributed by atoms with Gasteiger partial charge in [0.1, 0.15) is 11.6 Å². The number of hydrogen-bond donors (Lipinski definition) is 0. The monoisotopic (exact) mass is 233 g/mol. The van der Waals surface area contributed by atoms with E-state index in [9.17, 15) is 27.5 Å². The molecular formula is C10H5F4O2-. The SMILES string of the molecule is O=C(/C=C(\[O-])c1ccc(F)cc1F)C(F)F. The quantitative estimate of drug-likeness (QED) is 0.451. The van der Waals surface area contributed by atoms with Crippen molar-refractivity contribution in [2.24, 2.45) is 0 Å². The van der Waals surface area contributed by atoms with Crippen LogP contribution in [0.3, 0.4) is 0 Å². The highest BCUT2D eigenvalue weighted by atomic mass is 19.3. The molecule has 0 N–H and O–H groups in total. The van der Waals surface area contributed by atoms with Gasteiger partial charge in [-0.15, -0.1) is 0 Å². The molecule has 1 rings (SSSR count). The van der Waals surface area contributed by atoms with Crippen LogP contribution in [0.5, 0.6) is 0 Å². The minimum Gasteiger partial charge on any atom is -0.872 e. The molecule has 0 saturated heterocycles. The van der Waals surface area contributed by atoms with Crippen LogP contribution in [0.1, 0.15) is 5.56 Å². The zero-order valence-corrected chi connectivity index (χ0v) is 7.72. The molecular weight excluding hydrogens is 228 g/mol. The second-order valence-electron chi connectivity index (χ2n) is 2.84. The standard InChI is InChI=1S/C10H6F4O2/c11-5-1-2-6(7(12)3-5)8(15)4-9(16)10(13)14/h1-4,10,15H/p-1/b8-4-. The Balaban J connectivity index is 3.05. The zero-order chi connectivity index (χ0) is 12.3. The first-order valence-electron chi connectivity index (χ1n) is 4.08. The molecule has 0 amide bonds. The molecule has 16 heavy (non-hydrogen) atoms. The first-order valence-corrected chi connectivity index (χ1v) is 4.08. The number of ketones is 1. The number of halogens is 4. The highest BCUT2D eigenvalue weighted by molar-refractivity contribution is 5.97. The molecule has 86 valence electrons. The Labute approximate surface area is 87.8 Å². The second-order valence-corrected chi connectivity index (χ2v) is 2.84. The van der Waals surface area contributed by atoms with Crippen LogP contribution in [-0.4, -0.2) is 12.2 Å². The van der Waals surface area contributed by atoms with E-state index in [1.807, 2.05) is 0 Å². The van der Waals surface area contributed by atoms with Crippen molar-refractivity contribution in [3.63, 3.8) is 0 Å². The lowest BCUT2D eigenvalue weighted by Crippen LogP contribution is -2.12. The van der Waals surface area contributed by atoms with Gasteiger partial charge in [-0.05, 0) is 18.2 Å². The van der Waals surface area contributed by atoms with E-state index >= 15 is 0 Å². The fraction of sp³-hybridized carbons (Fsp3) is 0.100. The summed E-state index contributed by atoms with van der Waals surface area (Å²) in [4.78, 5) is 10.5. The highest BCUT2D eigenvalue weighted by Gasteiger charge is 2.12. The molecule has 0 aliphatic carbocycles. The number of hydrogen-bond acceptors (Lipinski definition) is 2. The first kappa shape index (κ1) is 12.2. The number of alkyl halides is 2. The van der Waals surface area contributed by atoms with Gasteiger partial charge in [-0.2, -0.15) is 0 Å². The Bertz CT molecular complexity index is 440. The number of carbonyl (C=O) groups is 1. The van der Waals surface area contributed by atoms with Gasteiger partial charge >= 0.3 is 0 Å². The fourth-order valence-electron chi connectivity index (χ4n) is 0.959. The molecule has 0 saturated carbocycles. The van der Waals surface area contributed by atoms with E-state index < -0.39 is 35.2 Å². The molecule has 0 bridgehead atoms. The second kappa shape index (κ2) is 4.78. The summed E-state index contributed by atoms with van der Waals surface area (Å²) < 4.78 is 49.0. The predicted molar refractivity (Wildman–Crippen MR) is 45.3 cm³/mol. The number of rotatable bonds is 3. The molecule has 0 aliphatic rings. The van der Waals surface area contributed by atoms with E-state index in [1.54, 1.807) is 0 Å². The maximum absolute atomic E-state index is 13.0. The van der Waals surface area contributed by atoms with Crippen molar-refractivity contribution in [2.45, 2.75) is 6.43 Å². The Morgan fingerprint density at radius 3 is 2.44 bits per heavy atom. The van der Waals surface area contributed by atoms with Gasteiger partial charge in [0.05, 0.1) is 0 Å². The molecule has 0 aromatic heterocycles. The van der Waals surface area contributed by atoms with Crippen molar-refractivity contribution in [1.29, 1.82) is 0 Å². The van der Waals surface area contributed by atoms with Crippen molar-refractivity contribution < 1.29 is 27.5 Å². The van der Waals surface area contributed by atoms with Crippen LogP contribution in [0, 0.1) is 11.6 Å². The van der Waals surface area contributed by atoms with Gasteiger partial charge in [0.2, 0.25) is 5.78 Å². The molecule has 0 radical (unpaired) electrons. The maximum atomic E-state index is 13.0. The third kappa shape index (κ3) is 2.82. The van der Waals surface area contributed by atoms with E-state index in [4.69, 9.17) is 0 Å². The summed E-state index contributed by atoms with van der Waals surface area (Å²) in [6.07, 6.45) is -3.24. The lowest BCUT2D eigenvalue weighted by atomic mass is 10.1. The summed E-state index contributed by atoms with van der Waals surface area (Å²) in [6.45, 7) is 0. The van der Waals surface area contributed by atoms with E-state index in [-0.39, 0.29) is 6.08 Å². The van der Waals surface area contributed by atoms with Crippen LogP contribution in [0.2, 0.25) is 0 Å². The van der Waals surface area contributed by atoms with Crippen LogP contribution >= 0.6 is 0 Å². The van der Waals surface area contributed by atoms with Crippen molar-refractivity contribution >= 4 is 11.5 Å². The number of carbonyl (C=O) groups excluding carboxylic acids is 1. The Morgan fingerprint density at radius 2 is 1.94 bits per heavy atom. The van der Waals surface area contributed by atoms with Crippen LogP contribution < -0.4 is 5.11 Å². The Hall–Kier alpha value is -1.85. The Morgan fingerprint density at radius 1 is 1.31 bits per heavy atom. The average Bonchev–Trinajstić information content (AvgIpc) is 2.16. The van der Waals surface area contributed by atoms with Crippen molar-refractivity contribution in [3.05, 3.63) is 41.5 Å². The van der Waals surface area contributed by atoms with E-state index in [1.165, 1.54) is 0 Å². The smallest absolute Gasteiger partial charge is 0.299 e. The topological polar surface area (TPSA) is 40.1 Å². The van der Waals surface area contributed by atoms with Crippen molar-refractivity contribution in [1.82, 2.24) is 0 Å². The zero-order valence-electron chi connectivity index (χ0n) is 7.72. The summed E-state index contributed by atoms with van der Waals surface area (Å²) in [5.41, 5.74) is -0.629. The van der Waals surface area contributed by atoms with E-state index in [0.717, 1.165) is 12.1 Å². The summed E-state index contributed by atoms with van der Waals surface area (Å²) in [6, 6.07) is 1.99. The fourth-order valence-corrected chi connectivity index (χ4v) is 0.959. The number of benzene rings is 1. The normalized spacial score (nSPS) is 11.9. The minimum atomic E-state index is -3.33. The largest absolute Gasteiger partial charge is 0.872 e. The molecule has 0 heterocycles. The van der Waals surface area contributed by atoms with Crippen LogP contribution in [-0.2, 0) is 4.79 Å². The molecule has 0 aliphatic heterocycles. The molecule has 0 fully saturated rings. The molecule has 0 spiro atoms. The molecule has 2 nitrogen and oxygen atoms in total. The van der Waals surface area contributed by atoms with Gasteiger partial charge in [0, 0.05) is 11.6 Å². The van der Waals surface area contributed by atoms with Crippen LogP contribution in [0.4, 0.5) is 17.6 Å². The first-order chi connectivity index (χ1) is 7.41. The van der Waals surface area contributed by atoms with E-state index in [2.05, 4.69) is 0 Å². The lowest BCUT2D eigenvalue weighted by molar-refractivity contribution is -0.244. The van der Waals surface area contributed by atoms with Gasteiger partial charge in [0.15, 0.2) is 0 Å². The van der Waals surface area contributed by atoms with Gasteiger partial charge in [0.25, 0.3) is 6.43 Å². The predicted octanol–water partition coefficient (Wildman–Crippen LogP) is 1.50. The molecule has 1 aromatic carbocycles. The van der Waals surface area contributed by atoms with Crippen molar-refractivity contribution in [3.8, 4) is 0 Å². The summed E-state index contributed by atoms with van der Waals surface area (Å²) >= 11 is 0. The molecule has 0 unspecified atom stereocenters. The van der Waals surface area contributed by atoms with Crippen LogP contribution in [0.15, 0.2) is 24.3 Å². The average molecular weight is 233 g/mol. The van der Waals surface area contributed by atoms with Gasteiger partial charge in [-0.1, -0.05) is 5.76 Å². The molecule has 1 aromatic rings. The number of allylic oxidation sites excluding steroid dienone is 1. The van der Waals surface area contributed by atoms with Gasteiger partial charge in [-0.25, -0.2) is 17.6 Å². The molecule has 0 atom stereocenters. The maximum Gasteiger partial charge on any atom is 0.299 e. The van der Waals surface area contributed by atoms with Crippen molar-refractivity contribution in [2.75, 3.05) is 0 Å². The summed E-state index contributed by atoms with van der Waals surface area (Å²) in [5.74, 6) is -5.05. The summed E-state index contributed by atoms with van der Waals surface area (Å²) in [7, 11) is 0. The third-order valence-corrected chi connectivity index (χ3v) is 1.69. The lowest BCUT2D eigenvalue weighted by Gasteiger charge is -2.12. The highest BCUT2D eigenvalue weighted by Crippen LogP contribution is 2.15. The summed E-state index contributed by atoms with van der Waals surface area (Å²) in [5, 5.41) is 11.1. The molecule has 6 heteroatoms. The van der Waals surface area contributed by atoms with Gasteiger partial charge in [-0.3, -0.25) is 4.79 Å². The third-order valence-electron chi connectivity index (χ3n) is 1.69. The minimum absolute atomic E-state index is 0.0843. The van der Waals surface area contributed by atoms with Crippen LogP contribution in [0.25, 0.3) is 5.76 Å². The van der Waals surface area contributed by atoms with Gasteiger partial charge < -0.3 is 5.11 Å². The van der Waals surface area contributed by atoms with E-state index in [0.29, 0.717) is 6.07 Å².